The van der Waals surface area contributed by atoms with Crippen molar-refractivity contribution in [3.8, 4) is 0 Å². The Balaban J connectivity index is 1.40. The highest BCUT2D eigenvalue weighted by Gasteiger charge is 2.20. The molecule has 2 aromatic rings. The minimum Gasteiger partial charge on any atom is -0.379 e. The van der Waals surface area contributed by atoms with Crippen molar-refractivity contribution in [2.75, 3.05) is 38.2 Å². The van der Waals surface area contributed by atoms with Gasteiger partial charge < -0.3 is 10.1 Å². The van der Waals surface area contributed by atoms with Gasteiger partial charge in [0.2, 0.25) is 5.95 Å². The van der Waals surface area contributed by atoms with Crippen molar-refractivity contribution < 1.29 is 4.74 Å². The van der Waals surface area contributed by atoms with E-state index in [0.717, 1.165) is 70.6 Å². The van der Waals surface area contributed by atoms with Crippen molar-refractivity contribution in [3.63, 3.8) is 0 Å². The van der Waals surface area contributed by atoms with Crippen molar-refractivity contribution in [3.05, 3.63) is 57.5 Å². The van der Waals surface area contributed by atoms with Crippen LogP contribution in [0, 0.1) is 0 Å². The number of hydrogen-bond donors (Lipinski definition) is 2. The zero-order valence-corrected chi connectivity index (χ0v) is 15.7. The monoisotopic (exact) mass is 368 g/mol. The van der Waals surface area contributed by atoms with E-state index < -0.39 is 0 Å². The summed E-state index contributed by atoms with van der Waals surface area (Å²) in [5, 5.41) is 3.46. The molecule has 1 aliphatic heterocycles. The number of hydrogen-bond acceptors (Lipinski definition) is 5. The normalized spacial score (nSPS) is 20.2. The first-order valence-corrected chi connectivity index (χ1v) is 10.0. The lowest BCUT2D eigenvalue weighted by Crippen LogP contribution is -2.37. The third-order valence-electron chi connectivity index (χ3n) is 5.49. The quantitative estimate of drug-likeness (QED) is 0.820. The van der Waals surface area contributed by atoms with Crippen molar-refractivity contribution in [2.45, 2.75) is 38.1 Å². The van der Waals surface area contributed by atoms with E-state index in [1.807, 2.05) is 0 Å². The minimum atomic E-state index is -0.0852. The smallest absolute Gasteiger partial charge is 0.252 e. The second kappa shape index (κ2) is 8.67. The number of nitrogens with zero attached hydrogens (tertiary/aromatic N) is 2. The summed E-state index contributed by atoms with van der Waals surface area (Å²) in [4.78, 5) is 22.0. The van der Waals surface area contributed by atoms with E-state index >= 15 is 0 Å². The SMILES string of the molecule is O=c1cc(CCCN2CCOCC2)nc(N[C@H]2CCCc3ccccc32)[nH]1. The highest BCUT2D eigenvalue weighted by Crippen LogP contribution is 2.31. The number of aryl methyl sites for hydroxylation is 2. The van der Waals surface area contributed by atoms with Crippen LogP contribution < -0.4 is 10.9 Å². The molecule has 144 valence electrons. The Hall–Kier alpha value is -2.18. The number of benzene rings is 1. The Morgan fingerprint density at radius 3 is 3.00 bits per heavy atom. The molecule has 0 unspecified atom stereocenters. The van der Waals surface area contributed by atoms with Gasteiger partial charge in [-0.15, -0.1) is 0 Å². The van der Waals surface area contributed by atoms with Crippen LogP contribution in [0.5, 0.6) is 0 Å². The summed E-state index contributed by atoms with van der Waals surface area (Å²) < 4.78 is 5.39. The fourth-order valence-electron chi connectivity index (χ4n) is 4.08. The number of rotatable bonds is 6. The lowest BCUT2D eigenvalue weighted by Gasteiger charge is -2.27. The van der Waals surface area contributed by atoms with E-state index in [9.17, 15) is 4.79 Å². The number of fused-ring (bicyclic) bond motifs is 1. The van der Waals surface area contributed by atoms with Gasteiger partial charge in [0.15, 0.2) is 0 Å². The first kappa shape index (κ1) is 18.2. The molecule has 6 nitrogen and oxygen atoms in total. The van der Waals surface area contributed by atoms with Crippen LogP contribution in [0.25, 0.3) is 0 Å². The van der Waals surface area contributed by atoms with E-state index in [0.29, 0.717) is 5.95 Å². The van der Waals surface area contributed by atoms with Crippen molar-refractivity contribution in [2.24, 2.45) is 0 Å². The minimum absolute atomic E-state index is 0.0852. The standard InChI is InChI=1S/C21H28N4O2/c26-20-15-17(7-4-10-25-11-13-27-14-12-25)22-21(24-20)23-19-9-3-6-16-5-1-2-8-18(16)19/h1-2,5,8,15,19H,3-4,6-7,9-14H2,(H2,22,23,24,26)/t19-/m0/s1. The van der Waals surface area contributed by atoms with Crippen molar-refractivity contribution in [1.29, 1.82) is 0 Å². The number of ether oxygens (including phenoxy) is 1. The molecule has 1 fully saturated rings. The van der Waals surface area contributed by atoms with Gasteiger partial charge in [0, 0.05) is 24.8 Å². The maximum atomic E-state index is 12.1. The van der Waals surface area contributed by atoms with Crippen LogP contribution >= 0.6 is 0 Å². The van der Waals surface area contributed by atoms with Gasteiger partial charge >= 0.3 is 0 Å². The maximum Gasteiger partial charge on any atom is 0.252 e. The molecule has 2 heterocycles. The van der Waals surface area contributed by atoms with Gasteiger partial charge in [-0.2, -0.15) is 0 Å². The fourth-order valence-corrected chi connectivity index (χ4v) is 4.08. The molecule has 6 heteroatoms. The first-order valence-electron chi connectivity index (χ1n) is 10.0. The molecule has 0 bridgehead atoms. The summed E-state index contributed by atoms with van der Waals surface area (Å²) in [6.07, 6.45) is 5.15. The molecule has 1 atom stereocenters. The highest BCUT2D eigenvalue weighted by molar-refractivity contribution is 5.38. The van der Waals surface area contributed by atoms with E-state index in [1.165, 1.54) is 11.1 Å². The van der Waals surface area contributed by atoms with Gasteiger partial charge in [-0.05, 0) is 49.8 Å². The van der Waals surface area contributed by atoms with E-state index in [4.69, 9.17) is 4.74 Å². The Bertz CT molecular complexity index is 814. The molecule has 2 aliphatic rings. The van der Waals surface area contributed by atoms with Crippen LogP contribution in [-0.2, 0) is 17.6 Å². The second-order valence-electron chi connectivity index (χ2n) is 7.43. The molecular formula is C21H28N4O2. The van der Waals surface area contributed by atoms with Gasteiger partial charge in [-0.25, -0.2) is 4.98 Å². The molecule has 0 radical (unpaired) electrons. The second-order valence-corrected chi connectivity index (χ2v) is 7.43. The Labute approximate surface area is 160 Å². The zero-order chi connectivity index (χ0) is 18.5. The number of nitrogens with one attached hydrogen (secondary N) is 2. The summed E-state index contributed by atoms with van der Waals surface area (Å²) in [6, 6.07) is 10.4. The average Bonchev–Trinajstić information content (AvgIpc) is 2.69. The Kier molecular flexibility index (Phi) is 5.84. The molecule has 4 rings (SSSR count). The van der Waals surface area contributed by atoms with E-state index in [2.05, 4.69) is 44.5 Å². The third kappa shape index (κ3) is 4.76. The molecule has 0 spiro atoms. The molecule has 2 N–H and O–H groups in total. The molecule has 1 saturated heterocycles. The first-order chi connectivity index (χ1) is 13.3. The number of morpholine rings is 1. The molecule has 0 amide bonds. The van der Waals surface area contributed by atoms with Gasteiger partial charge in [-0.3, -0.25) is 14.7 Å². The largest absolute Gasteiger partial charge is 0.379 e. The Morgan fingerprint density at radius 2 is 2.11 bits per heavy atom. The van der Waals surface area contributed by atoms with Crippen LogP contribution in [0.4, 0.5) is 5.95 Å². The fraction of sp³-hybridized carbons (Fsp3) is 0.524. The average molecular weight is 368 g/mol. The number of H-pyrrole nitrogens is 1. The van der Waals surface area contributed by atoms with Crippen LogP contribution in [0.3, 0.4) is 0 Å². The van der Waals surface area contributed by atoms with Crippen molar-refractivity contribution in [1.82, 2.24) is 14.9 Å². The zero-order valence-electron chi connectivity index (χ0n) is 15.7. The van der Waals surface area contributed by atoms with Crippen LogP contribution in [0.1, 0.15) is 42.1 Å². The van der Waals surface area contributed by atoms with Gasteiger partial charge in [0.25, 0.3) is 5.56 Å². The predicted octanol–water partition coefficient (Wildman–Crippen LogP) is 2.52. The van der Waals surface area contributed by atoms with Gasteiger partial charge in [0.1, 0.15) is 0 Å². The summed E-state index contributed by atoms with van der Waals surface area (Å²) in [6.45, 7) is 4.66. The number of anilines is 1. The molecular weight excluding hydrogens is 340 g/mol. The maximum absolute atomic E-state index is 12.1. The molecule has 1 aromatic heterocycles. The molecule has 1 aliphatic carbocycles. The summed E-state index contributed by atoms with van der Waals surface area (Å²) in [5.74, 6) is 0.588. The van der Waals surface area contributed by atoms with Crippen LogP contribution in [0.15, 0.2) is 35.1 Å². The lowest BCUT2D eigenvalue weighted by atomic mass is 9.88. The number of aromatic nitrogens is 2. The van der Waals surface area contributed by atoms with Gasteiger partial charge in [0.05, 0.1) is 19.3 Å². The summed E-state index contributed by atoms with van der Waals surface area (Å²) in [5.41, 5.74) is 3.49. The highest BCUT2D eigenvalue weighted by atomic mass is 16.5. The van der Waals surface area contributed by atoms with E-state index in [-0.39, 0.29) is 11.6 Å². The predicted molar refractivity (Wildman–Crippen MR) is 106 cm³/mol. The van der Waals surface area contributed by atoms with Crippen LogP contribution in [0.2, 0.25) is 0 Å². The van der Waals surface area contributed by atoms with Crippen LogP contribution in [-0.4, -0.2) is 47.7 Å². The van der Waals surface area contributed by atoms with Crippen molar-refractivity contribution >= 4 is 5.95 Å². The van der Waals surface area contributed by atoms with E-state index in [1.54, 1.807) is 6.07 Å². The third-order valence-corrected chi connectivity index (χ3v) is 5.49. The lowest BCUT2D eigenvalue weighted by molar-refractivity contribution is 0.0374. The molecule has 0 saturated carbocycles. The Morgan fingerprint density at radius 1 is 1.26 bits per heavy atom. The molecule has 27 heavy (non-hydrogen) atoms. The van der Waals surface area contributed by atoms with Gasteiger partial charge in [-0.1, -0.05) is 24.3 Å². The topological polar surface area (TPSA) is 70.2 Å². The summed E-state index contributed by atoms with van der Waals surface area (Å²) in [7, 11) is 0. The molecule has 1 aromatic carbocycles. The summed E-state index contributed by atoms with van der Waals surface area (Å²) >= 11 is 0. The number of aromatic amines is 1.